The highest BCUT2D eigenvalue weighted by molar-refractivity contribution is 5.27. The van der Waals surface area contributed by atoms with E-state index in [9.17, 15) is 0 Å². The van der Waals surface area contributed by atoms with Crippen molar-refractivity contribution in [3.05, 3.63) is 17.0 Å². The fourth-order valence-corrected chi connectivity index (χ4v) is 2.73. The maximum atomic E-state index is 5.73. The first-order valence-corrected chi connectivity index (χ1v) is 7.45. The minimum absolute atomic E-state index is 0.704. The molecule has 1 aromatic heterocycles. The average Bonchev–Trinajstić information content (AvgIpc) is 2.67. The summed E-state index contributed by atoms with van der Waals surface area (Å²) in [7, 11) is 0. The summed E-state index contributed by atoms with van der Waals surface area (Å²) in [5.41, 5.74) is 9.79. The van der Waals surface area contributed by atoms with Gasteiger partial charge in [-0.1, -0.05) is 34.1 Å². The third-order valence-electron chi connectivity index (χ3n) is 3.58. The zero-order valence-electron chi connectivity index (χ0n) is 12.5. The Balaban J connectivity index is 2.96. The molecule has 3 heteroatoms. The van der Waals surface area contributed by atoms with Crippen LogP contribution in [0.1, 0.15) is 57.5 Å². The van der Waals surface area contributed by atoms with E-state index >= 15 is 0 Å². The molecule has 2 N–H and O–H groups in total. The fourth-order valence-electron chi connectivity index (χ4n) is 2.73. The van der Waals surface area contributed by atoms with Crippen molar-refractivity contribution in [1.82, 2.24) is 9.78 Å². The van der Waals surface area contributed by atoms with E-state index in [-0.39, 0.29) is 0 Å². The quantitative estimate of drug-likeness (QED) is 0.772. The molecule has 0 fully saturated rings. The number of hydrogen-bond donors (Lipinski definition) is 1. The summed E-state index contributed by atoms with van der Waals surface area (Å²) in [6.07, 6.45) is 5.56. The van der Waals surface area contributed by atoms with Gasteiger partial charge in [-0.15, -0.1) is 0 Å². The van der Waals surface area contributed by atoms with Gasteiger partial charge in [0.25, 0.3) is 0 Å². The zero-order chi connectivity index (χ0) is 13.5. The predicted molar refractivity (Wildman–Crippen MR) is 77.8 cm³/mol. The van der Waals surface area contributed by atoms with E-state index in [0.717, 1.165) is 32.4 Å². The highest BCUT2D eigenvalue weighted by atomic mass is 15.3. The normalized spacial score (nSPS) is 12.9. The van der Waals surface area contributed by atoms with Crippen LogP contribution in [0, 0.1) is 5.92 Å². The number of aryl methyl sites for hydroxylation is 1. The molecule has 0 aliphatic rings. The lowest BCUT2D eigenvalue weighted by Crippen LogP contribution is -2.12. The van der Waals surface area contributed by atoms with E-state index in [4.69, 9.17) is 10.8 Å². The van der Waals surface area contributed by atoms with E-state index in [2.05, 4.69) is 32.4 Å². The standard InChI is InChI=1S/C15H29N3/c1-5-8-12(4)11-18-15(7-3)13(9-10-16)14(6-2)17-18/h12H,5-11,16H2,1-4H3. The van der Waals surface area contributed by atoms with Gasteiger partial charge in [0, 0.05) is 12.2 Å². The summed E-state index contributed by atoms with van der Waals surface area (Å²) < 4.78 is 2.24. The van der Waals surface area contributed by atoms with Crippen LogP contribution in [0.4, 0.5) is 0 Å². The molecular formula is C15H29N3. The Hall–Kier alpha value is -0.830. The van der Waals surface area contributed by atoms with Crippen LogP contribution in [0.2, 0.25) is 0 Å². The lowest BCUT2D eigenvalue weighted by Gasteiger charge is -2.13. The van der Waals surface area contributed by atoms with Crippen molar-refractivity contribution in [2.24, 2.45) is 11.7 Å². The van der Waals surface area contributed by atoms with Gasteiger partial charge in [-0.2, -0.15) is 5.10 Å². The van der Waals surface area contributed by atoms with Gasteiger partial charge in [0.1, 0.15) is 0 Å². The summed E-state index contributed by atoms with van der Waals surface area (Å²) in [6.45, 7) is 10.7. The number of rotatable bonds is 8. The van der Waals surface area contributed by atoms with Gasteiger partial charge in [0.2, 0.25) is 0 Å². The van der Waals surface area contributed by atoms with Crippen molar-refractivity contribution in [2.75, 3.05) is 6.54 Å². The second-order valence-corrected chi connectivity index (χ2v) is 5.19. The highest BCUT2D eigenvalue weighted by Gasteiger charge is 2.15. The SMILES string of the molecule is CCCC(C)Cn1nc(CC)c(CCN)c1CC. The van der Waals surface area contributed by atoms with E-state index in [1.54, 1.807) is 0 Å². The number of aromatic nitrogens is 2. The second kappa shape index (κ2) is 7.57. The maximum absolute atomic E-state index is 5.73. The molecule has 3 nitrogen and oxygen atoms in total. The molecule has 18 heavy (non-hydrogen) atoms. The van der Waals surface area contributed by atoms with E-state index < -0.39 is 0 Å². The Bertz CT molecular complexity index is 355. The topological polar surface area (TPSA) is 43.8 Å². The van der Waals surface area contributed by atoms with E-state index in [1.165, 1.54) is 29.8 Å². The Morgan fingerprint density at radius 1 is 1.22 bits per heavy atom. The molecule has 0 bridgehead atoms. The van der Waals surface area contributed by atoms with Crippen molar-refractivity contribution in [2.45, 2.75) is 66.3 Å². The van der Waals surface area contributed by atoms with Gasteiger partial charge in [-0.3, -0.25) is 4.68 Å². The average molecular weight is 251 g/mol. The first-order chi connectivity index (χ1) is 8.67. The molecule has 1 aromatic rings. The summed E-state index contributed by atoms with van der Waals surface area (Å²) in [5, 5.41) is 4.80. The van der Waals surface area contributed by atoms with Crippen molar-refractivity contribution in [1.29, 1.82) is 0 Å². The Kier molecular flexibility index (Phi) is 6.41. The van der Waals surface area contributed by atoms with Crippen LogP contribution in [-0.4, -0.2) is 16.3 Å². The molecule has 0 aliphatic carbocycles. The number of hydrogen-bond acceptors (Lipinski definition) is 2. The molecule has 0 amide bonds. The number of nitrogens with two attached hydrogens (primary N) is 1. The Morgan fingerprint density at radius 2 is 1.94 bits per heavy atom. The smallest absolute Gasteiger partial charge is 0.0657 e. The van der Waals surface area contributed by atoms with Gasteiger partial charge in [-0.25, -0.2) is 0 Å². The first kappa shape index (κ1) is 15.2. The van der Waals surface area contributed by atoms with Crippen LogP contribution in [0.25, 0.3) is 0 Å². The zero-order valence-corrected chi connectivity index (χ0v) is 12.5. The van der Waals surface area contributed by atoms with Crippen LogP contribution in [0.15, 0.2) is 0 Å². The molecule has 1 heterocycles. The molecular weight excluding hydrogens is 222 g/mol. The summed E-state index contributed by atoms with van der Waals surface area (Å²) >= 11 is 0. The summed E-state index contributed by atoms with van der Waals surface area (Å²) in [4.78, 5) is 0. The predicted octanol–water partition coefficient (Wildman–Crippen LogP) is 2.95. The minimum atomic E-state index is 0.704. The molecule has 1 rings (SSSR count). The summed E-state index contributed by atoms with van der Waals surface area (Å²) in [6, 6.07) is 0. The molecule has 104 valence electrons. The first-order valence-electron chi connectivity index (χ1n) is 7.45. The molecule has 1 unspecified atom stereocenters. The third kappa shape index (κ3) is 3.58. The van der Waals surface area contributed by atoms with E-state index in [0.29, 0.717) is 5.92 Å². The van der Waals surface area contributed by atoms with Crippen LogP contribution in [0.3, 0.4) is 0 Å². The van der Waals surface area contributed by atoms with Crippen molar-refractivity contribution in [3.63, 3.8) is 0 Å². The van der Waals surface area contributed by atoms with Crippen LogP contribution in [0.5, 0.6) is 0 Å². The van der Waals surface area contributed by atoms with E-state index in [1.807, 2.05) is 0 Å². The molecule has 1 atom stereocenters. The Morgan fingerprint density at radius 3 is 2.44 bits per heavy atom. The highest BCUT2D eigenvalue weighted by Crippen LogP contribution is 2.19. The molecule has 0 spiro atoms. The molecule has 0 aromatic carbocycles. The van der Waals surface area contributed by atoms with Crippen LogP contribution < -0.4 is 5.73 Å². The van der Waals surface area contributed by atoms with Gasteiger partial charge in [0.05, 0.1) is 5.69 Å². The molecule has 0 radical (unpaired) electrons. The van der Waals surface area contributed by atoms with Crippen molar-refractivity contribution in [3.8, 4) is 0 Å². The van der Waals surface area contributed by atoms with Crippen LogP contribution in [-0.2, 0) is 25.8 Å². The lowest BCUT2D eigenvalue weighted by atomic mass is 10.0. The third-order valence-corrected chi connectivity index (χ3v) is 3.58. The number of nitrogens with zero attached hydrogens (tertiary/aromatic N) is 2. The minimum Gasteiger partial charge on any atom is -0.330 e. The fraction of sp³-hybridized carbons (Fsp3) is 0.800. The van der Waals surface area contributed by atoms with Crippen molar-refractivity contribution >= 4 is 0 Å². The lowest BCUT2D eigenvalue weighted by molar-refractivity contribution is 0.410. The Labute approximate surface area is 112 Å². The van der Waals surface area contributed by atoms with Crippen LogP contribution >= 0.6 is 0 Å². The van der Waals surface area contributed by atoms with Gasteiger partial charge in [0.15, 0.2) is 0 Å². The van der Waals surface area contributed by atoms with Gasteiger partial charge < -0.3 is 5.73 Å². The molecule has 0 saturated heterocycles. The molecule has 0 aliphatic heterocycles. The largest absolute Gasteiger partial charge is 0.330 e. The second-order valence-electron chi connectivity index (χ2n) is 5.19. The van der Waals surface area contributed by atoms with Gasteiger partial charge in [-0.05, 0) is 43.7 Å². The molecule has 0 saturated carbocycles. The van der Waals surface area contributed by atoms with Crippen molar-refractivity contribution < 1.29 is 0 Å². The van der Waals surface area contributed by atoms with Gasteiger partial charge >= 0.3 is 0 Å². The summed E-state index contributed by atoms with van der Waals surface area (Å²) in [5.74, 6) is 0.704. The monoisotopic (exact) mass is 251 g/mol. The maximum Gasteiger partial charge on any atom is 0.0657 e.